The standard InChI is InChI=1S/C16H22O/c1-11-5-4-7-13(9-11)16(17)15-10-12-6-2-3-8-14(12)15/h2-3,6,8,11,13,15-17H,4-5,7,9-10H2,1H3. The molecule has 92 valence electrons. The monoisotopic (exact) mass is 230 g/mol. The lowest BCUT2D eigenvalue weighted by atomic mass is 9.68. The quantitative estimate of drug-likeness (QED) is 0.824. The van der Waals surface area contributed by atoms with Gasteiger partial charge in [0.05, 0.1) is 6.10 Å². The molecule has 1 N–H and O–H groups in total. The molecular formula is C16H22O. The molecule has 17 heavy (non-hydrogen) atoms. The molecule has 1 aromatic rings. The number of aliphatic hydroxyl groups excluding tert-OH is 1. The molecule has 0 saturated heterocycles. The zero-order chi connectivity index (χ0) is 11.8. The molecule has 1 nitrogen and oxygen atoms in total. The van der Waals surface area contributed by atoms with Crippen LogP contribution in [0.25, 0.3) is 0 Å². The van der Waals surface area contributed by atoms with Crippen LogP contribution in [-0.2, 0) is 6.42 Å². The van der Waals surface area contributed by atoms with Gasteiger partial charge < -0.3 is 5.11 Å². The van der Waals surface area contributed by atoms with E-state index in [1.165, 1.54) is 36.8 Å². The van der Waals surface area contributed by atoms with Crippen LogP contribution in [0.4, 0.5) is 0 Å². The van der Waals surface area contributed by atoms with Crippen molar-refractivity contribution in [3.8, 4) is 0 Å². The summed E-state index contributed by atoms with van der Waals surface area (Å²) in [4.78, 5) is 0. The third-order valence-corrected chi connectivity index (χ3v) is 4.77. The second-order valence-electron chi connectivity index (χ2n) is 6.03. The average molecular weight is 230 g/mol. The second kappa shape index (κ2) is 4.45. The van der Waals surface area contributed by atoms with E-state index in [9.17, 15) is 5.11 Å². The lowest BCUT2D eigenvalue weighted by Crippen LogP contribution is -2.36. The van der Waals surface area contributed by atoms with Crippen molar-refractivity contribution in [3.63, 3.8) is 0 Å². The number of hydrogen-bond acceptors (Lipinski definition) is 1. The molecule has 1 saturated carbocycles. The van der Waals surface area contributed by atoms with Crippen LogP contribution in [0.1, 0.15) is 49.7 Å². The molecule has 3 rings (SSSR count). The van der Waals surface area contributed by atoms with Gasteiger partial charge in [0.25, 0.3) is 0 Å². The van der Waals surface area contributed by atoms with Crippen LogP contribution in [0, 0.1) is 11.8 Å². The first kappa shape index (κ1) is 11.3. The Labute approximate surface area is 104 Å². The largest absolute Gasteiger partial charge is 0.392 e. The molecule has 1 aromatic carbocycles. The molecule has 0 radical (unpaired) electrons. The van der Waals surface area contributed by atoms with Crippen LogP contribution in [0.15, 0.2) is 24.3 Å². The first-order chi connectivity index (χ1) is 8.25. The smallest absolute Gasteiger partial charge is 0.0640 e. The van der Waals surface area contributed by atoms with Crippen molar-refractivity contribution in [3.05, 3.63) is 35.4 Å². The van der Waals surface area contributed by atoms with E-state index in [0.717, 1.165) is 12.3 Å². The zero-order valence-electron chi connectivity index (χ0n) is 10.6. The van der Waals surface area contributed by atoms with Crippen LogP contribution < -0.4 is 0 Å². The molecular weight excluding hydrogens is 208 g/mol. The molecule has 0 aliphatic heterocycles. The average Bonchev–Trinajstić information content (AvgIpc) is 2.30. The van der Waals surface area contributed by atoms with Gasteiger partial charge in [-0.15, -0.1) is 0 Å². The highest BCUT2D eigenvalue weighted by atomic mass is 16.3. The predicted molar refractivity (Wildman–Crippen MR) is 70.0 cm³/mol. The number of rotatable bonds is 2. The van der Waals surface area contributed by atoms with E-state index in [1.807, 2.05) is 0 Å². The maximum atomic E-state index is 10.6. The highest BCUT2D eigenvalue weighted by molar-refractivity contribution is 5.40. The molecule has 0 heterocycles. The third kappa shape index (κ3) is 2.01. The van der Waals surface area contributed by atoms with E-state index in [1.54, 1.807) is 0 Å². The summed E-state index contributed by atoms with van der Waals surface area (Å²) in [6.45, 7) is 2.33. The molecule has 0 aromatic heterocycles. The fourth-order valence-corrected chi connectivity index (χ4v) is 3.72. The van der Waals surface area contributed by atoms with Crippen LogP contribution in [-0.4, -0.2) is 11.2 Å². The van der Waals surface area contributed by atoms with E-state index < -0.39 is 0 Å². The highest BCUT2D eigenvalue weighted by Gasteiger charge is 2.37. The van der Waals surface area contributed by atoms with Crippen molar-refractivity contribution in [2.24, 2.45) is 11.8 Å². The molecule has 4 unspecified atom stereocenters. The zero-order valence-corrected chi connectivity index (χ0v) is 10.6. The molecule has 0 amide bonds. The van der Waals surface area contributed by atoms with Crippen LogP contribution in [0.3, 0.4) is 0 Å². The Hall–Kier alpha value is -0.820. The topological polar surface area (TPSA) is 20.2 Å². The Bertz CT molecular complexity index is 398. The molecule has 2 aliphatic rings. The predicted octanol–water partition coefficient (Wildman–Crippen LogP) is 3.51. The summed E-state index contributed by atoms with van der Waals surface area (Å²) in [6.07, 6.45) is 6.08. The van der Waals surface area contributed by atoms with Gasteiger partial charge in [-0.3, -0.25) is 0 Å². The number of fused-ring (bicyclic) bond motifs is 1. The molecule has 2 aliphatic carbocycles. The molecule has 4 atom stereocenters. The Morgan fingerprint density at radius 1 is 1.24 bits per heavy atom. The van der Waals surface area contributed by atoms with Gasteiger partial charge in [0.15, 0.2) is 0 Å². The van der Waals surface area contributed by atoms with Gasteiger partial charge in [0.2, 0.25) is 0 Å². The summed E-state index contributed by atoms with van der Waals surface area (Å²) in [6, 6.07) is 8.59. The van der Waals surface area contributed by atoms with E-state index in [0.29, 0.717) is 11.8 Å². The van der Waals surface area contributed by atoms with Crippen LogP contribution in [0.5, 0.6) is 0 Å². The Kier molecular flexibility index (Phi) is 2.96. The molecule has 1 fully saturated rings. The van der Waals surface area contributed by atoms with Gasteiger partial charge in [-0.1, -0.05) is 44.0 Å². The minimum absolute atomic E-state index is 0.104. The van der Waals surface area contributed by atoms with Crippen molar-refractivity contribution in [2.75, 3.05) is 0 Å². The third-order valence-electron chi connectivity index (χ3n) is 4.77. The first-order valence-corrected chi connectivity index (χ1v) is 7.01. The van der Waals surface area contributed by atoms with Gasteiger partial charge in [-0.05, 0) is 42.2 Å². The van der Waals surface area contributed by atoms with Crippen molar-refractivity contribution in [1.82, 2.24) is 0 Å². The maximum absolute atomic E-state index is 10.6. The SMILES string of the molecule is CC1CCCC(C(O)C2Cc3ccccc32)C1. The van der Waals surface area contributed by atoms with E-state index >= 15 is 0 Å². The summed E-state index contributed by atoms with van der Waals surface area (Å²) in [5, 5.41) is 10.6. The molecule has 0 bridgehead atoms. The van der Waals surface area contributed by atoms with Crippen LogP contribution in [0.2, 0.25) is 0 Å². The van der Waals surface area contributed by atoms with Crippen molar-refractivity contribution in [1.29, 1.82) is 0 Å². The minimum Gasteiger partial charge on any atom is -0.392 e. The van der Waals surface area contributed by atoms with E-state index in [4.69, 9.17) is 0 Å². The van der Waals surface area contributed by atoms with Gasteiger partial charge in [-0.25, -0.2) is 0 Å². The molecule has 0 spiro atoms. The second-order valence-corrected chi connectivity index (χ2v) is 6.03. The Balaban J connectivity index is 1.70. The fraction of sp³-hybridized carbons (Fsp3) is 0.625. The Morgan fingerprint density at radius 2 is 2.06 bits per heavy atom. The number of hydrogen-bond donors (Lipinski definition) is 1. The van der Waals surface area contributed by atoms with Crippen molar-refractivity contribution >= 4 is 0 Å². The molecule has 1 heteroatoms. The van der Waals surface area contributed by atoms with Crippen molar-refractivity contribution < 1.29 is 5.11 Å². The summed E-state index contributed by atoms with van der Waals surface area (Å²) in [5.41, 5.74) is 2.85. The summed E-state index contributed by atoms with van der Waals surface area (Å²) < 4.78 is 0. The lowest BCUT2D eigenvalue weighted by Gasteiger charge is -2.40. The van der Waals surface area contributed by atoms with E-state index in [2.05, 4.69) is 31.2 Å². The van der Waals surface area contributed by atoms with Gasteiger partial charge in [0.1, 0.15) is 0 Å². The van der Waals surface area contributed by atoms with Gasteiger partial charge in [0, 0.05) is 5.92 Å². The fourth-order valence-electron chi connectivity index (χ4n) is 3.72. The minimum atomic E-state index is -0.104. The summed E-state index contributed by atoms with van der Waals surface area (Å²) in [5.74, 6) is 1.76. The Morgan fingerprint density at radius 3 is 2.82 bits per heavy atom. The van der Waals surface area contributed by atoms with Gasteiger partial charge in [-0.2, -0.15) is 0 Å². The van der Waals surface area contributed by atoms with E-state index in [-0.39, 0.29) is 6.10 Å². The first-order valence-electron chi connectivity index (χ1n) is 7.01. The lowest BCUT2D eigenvalue weighted by molar-refractivity contribution is 0.0429. The van der Waals surface area contributed by atoms with Crippen LogP contribution >= 0.6 is 0 Å². The maximum Gasteiger partial charge on any atom is 0.0640 e. The number of aliphatic hydroxyl groups is 1. The number of benzene rings is 1. The summed E-state index contributed by atoms with van der Waals surface area (Å²) >= 11 is 0. The summed E-state index contributed by atoms with van der Waals surface area (Å²) in [7, 11) is 0. The normalized spacial score (nSPS) is 33.6. The van der Waals surface area contributed by atoms with Crippen molar-refractivity contribution in [2.45, 2.75) is 51.0 Å². The highest BCUT2D eigenvalue weighted by Crippen LogP contribution is 2.43. The van der Waals surface area contributed by atoms with Gasteiger partial charge >= 0.3 is 0 Å².